The molecule has 0 spiro atoms. The molecule has 0 atom stereocenters. The van der Waals surface area contributed by atoms with Gasteiger partial charge in [0.05, 0.1) is 6.54 Å². The lowest BCUT2D eigenvalue weighted by molar-refractivity contribution is -0.114. The first-order chi connectivity index (χ1) is 9.17. The van der Waals surface area contributed by atoms with Gasteiger partial charge >= 0.3 is 0 Å². The molecule has 0 bridgehead atoms. The Hall–Kier alpha value is -1.78. The van der Waals surface area contributed by atoms with Gasteiger partial charge in [0, 0.05) is 15.5 Å². The third-order valence-corrected chi connectivity index (χ3v) is 3.56. The van der Waals surface area contributed by atoms with Crippen LogP contribution in [-0.2, 0) is 4.79 Å². The summed E-state index contributed by atoms with van der Waals surface area (Å²) in [6, 6.07) is 16.1. The van der Waals surface area contributed by atoms with Gasteiger partial charge in [-0.05, 0) is 37.3 Å². The van der Waals surface area contributed by atoms with Crippen LogP contribution in [0.2, 0.25) is 0 Å². The van der Waals surface area contributed by atoms with E-state index >= 15 is 0 Å². The molecular formula is C15H16N2OS. The quantitative estimate of drug-likeness (QED) is 0.899. The van der Waals surface area contributed by atoms with Gasteiger partial charge in [0.2, 0.25) is 5.91 Å². The summed E-state index contributed by atoms with van der Waals surface area (Å²) in [5.74, 6) is -0.183. The van der Waals surface area contributed by atoms with Gasteiger partial charge in [-0.2, -0.15) is 0 Å². The van der Waals surface area contributed by atoms with Crippen molar-refractivity contribution in [2.24, 2.45) is 5.73 Å². The van der Waals surface area contributed by atoms with Gasteiger partial charge in [-0.3, -0.25) is 4.79 Å². The zero-order chi connectivity index (χ0) is 13.7. The van der Waals surface area contributed by atoms with Crippen molar-refractivity contribution in [1.29, 1.82) is 0 Å². The first-order valence-corrected chi connectivity index (χ1v) is 6.83. The first-order valence-electron chi connectivity index (χ1n) is 6.02. The fraction of sp³-hybridized carbons (Fsp3) is 0.133. The predicted octanol–water partition coefficient (Wildman–Crippen LogP) is 3.04. The molecule has 3 N–H and O–H groups in total. The number of aryl methyl sites for hydroxylation is 1. The number of carbonyl (C=O) groups is 1. The van der Waals surface area contributed by atoms with Crippen LogP contribution in [0.5, 0.6) is 0 Å². The average molecular weight is 272 g/mol. The topological polar surface area (TPSA) is 55.1 Å². The molecule has 0 saturated carbocycles. The number of nitrogens with one attached hydrogen (secondary N) is 1. The highest BCUT2D eigenvalue weighted by atomic mass is 32.2. The molecule has 2 aromatic rings. The minimum Gasteiger partial charge on any atom is -0.325 e. The van der Waals surface area contributed by atoms with Crippen molar-refractivity contribution in [3.05, 3.63) is 54.1 Å². The van der Waals surface area contributed by atoms with E-state index in [1.165, 1.54) is 10.5 Å². The van der Waals surface area contributed by atoms with Gasteiger partial charge in [0.15, 0.2) is 0 Å². The number of amides is 1. The second-order valence-electron chi connectivity index (χ2n) is 4.20. The zero-order valence-electron chi connectivity index (χ0n) is 10.7. The van der Waals surface area contributed by atoms with E-state index in [9.17, 15) is 4.79 Å². The minimum absolute atomic E-state index is 0.00463. The highest BCUT2D eigenvalue weighted by molar-refractivity contribution is 7.99. The van der Waals surface area contributed by atoms with Gasteiger partial charge < -0.3 is 11.1 Å². The lowest BCUT2D eigenvalue weighted by Crippen LogP contribution is -2.21. The van der Waals surface area contributed by atoms with Gasteiger partial charge in [-0.25, -0.2) is 0 Å². The summed E-state index contributed by atoms with van der Waals surface area (Å²) in [6.45, 7) is 2.06. The standard InChI is InChI=1S/C15H16N2OS/c1-11-5-7-13(8-6-11)19-14-4-2-3-12(9-14)17-15(18)10-16/h2-9H,10,16H2,1H3,(H,17,18). The molecule has 1 amide bonds. The Morgan fingerprint density at radius 3 is 2.58 bits per heavy atom. The molecule has 19 heavy (non-hydrogen) atoms. The third kappa shape index (κ3) is 4.12. The predicted molar refractivity (Wildman–Crippen MR) is 79.4 cm³/mol. The maximum atomic E-state index is 11.2. The molecule has 0 aromatic heterocycles. The molecule has 3 nitrogen and oxygen atoms in total. The number of hydrogen-bond donors (Lipinski definition) is 2. The molecule has 4 heteroatoms. The summed E-state index contributed by atoms with van der Waals surface area (Å²) in [5.41, 5.74) is 7.29. The number of nitrogens with two attached hydrogens (primary N) is 1. The van der Waals surface area contributed by atoms with Crippen LogP contribution in [0.3, 0.4) is 0 Å². The van der Waals surface area contributed by atoms with Crippen LogP contribution in [0.15, 0.2) is 58.3 Å². The van der Waals surface area contributed by atoms with E-state index in [1.807, 2.05) is 24.3 Å². The molecule has 0 aliphatic heterocycles. The Morgan fingerprint density at radius 1 is 1.16 bits per heavy atom. The molecule has 0 aliphatic carbocycles. The fourth-order valence-corrected chi connectivity index (χ4v) is 2.47. The van der Waals surface area contributed by atoms with Crippen LogP contribution in [0.25, 0.3) is 0 Å². The smallest absolute Gasteiger partial charge is 0.238 e. The van der Waals surface area contributed by atoms with Crippen molar-refractivity contribution in [3.63, 3.8) is 0 Å². The second-order valence-corrected chi connectivity index (χ2v) is 5.34. The van der Waals surface area contributed by atoms with E-state index < -0.39 is 0 Å². The Kier molecular flexibility index (Phi) is 4.60. The van der Waals surface area contributed by atoms with E-state index in [-0.39, 0.29) is 12.5 Å². The van der Waals surface area contributed by atoms with Crippen molar-refractivity contribution in [2.75, 3.05) is 11.9 Å². The Labute approximate surface area is 117 Å². The van der Waals surface area contributed by atoms with Crippen molar-refractivity contribution in [1.82, 2.24) is 0 Å². The SMILES string of the molecule is Cc1ccc(Sc2cccc(NC(=O)CN)c2)cc1. The van der Waals surface area contributed by atoms with E-state index in [0.29, 0.717) is 0 Å². The fourth-order valence-electron chi connectivity index (χ4n) is 1.59. The number of hydrogen-bond acceptors (Lipinski definition) is 3. The number of carbonyl (C=O) groups excluding carboxylic acids is 1. The van der Waals surface area contributed by atoms with Crippen LogP contribution in [-0.4, -0.2) is 12.5 Å². The van der Waals surface area contributed by atoms with Gasteiger partial charge in [-0.15, -0.1) is 0 Å². The van der Waals surface area contributed by atoms with E-state index in [1.54, 1.807) is 11.8 Å². The lowest BCUT2D eigenvalue weighted by atomic mass is 10.2. The highest BCUT2D eigenvalue weighted by Crippen LogP contribution is 2.29. The van der Waals surface area contributed by atoms with Gasteiger partial charge in [-0.1, -0.05) is 35.5 Å². The van der Waals surface area contributed by atoms with Crippen molar-refractivity contribution in [2.45, 2.75) is 16.7 Å². The molecule has 0 radical (unpaired) electrons. The molecule has 2 aromatic carbocycles. The number of anilines is 1. The monoisotopic (exact) mass is 272 g/mol. The van der Waals surface area contributed by atoms with E-state index in [0.717, 1.165) is 10.6 Å². The molecular weight excluding hydrogens is 256 g/mol. The number of benzene rings is 2. The number of rotatable bonds is 4. The summed E-state index contributed by atoms with van der Waals surface area (Å²) < 4.78 is 0. The lowest BCUT2D eigenvalue weighted by Gasteiger charge is -2.06. The van der Waals surface area contributed by atoms with Crippen molar-refractivity contribution in [3.8, 4) is 0 Å². The molecule has 0 heterocycles. The molecule has 2 rings (SSSR count). The summed E-state index contributed by atoms with van der Waals surface area (Å²) in [7, 11) is 0. The van der Waals surface area contributed by atoms with Gasteiger partial charge in [0.25, 0.3) is 0 Å². The van der Waals surface area contributed by atoms with Crippen molar-refractivity contribution < 1.29 is 4.79 Å². The van der Waals surface area contributed by atoms with Crippen LogP contribution >= 0.6 is 11.8 Å². The average Bonchev–Trinajstić information content (AvgIpc) is 2.42. The highest BCUT2D eigenvalue weighted by Gasteiger charge is 2.02. The second kappa shape index (κ2) is 6.41. The van der Waals surface area contributed by atoms with Crippen LogP contribution in [0.4, 0.5) is 5.69 Å². The van der Waals surface area contributed by atoms with Crippen LogP contribution in [0.1, 0.15) is 5.56 Å². The molecule has 0 fully saturated rings. The van der Waals surface area contributed by atoms with E-state index in [4.69, 9.17) is 5.73 Å². The van der Waals surface area contributed by atoms with Crippen LogP contribution in [0, 0.1) is 6.92 Å². The third-order valence-electron chi connectivity index (χ3n) is 2.56. The molecule has 0 unspecified atom stereocenters. The van der Waals surface area contributed by atoms with E-state index in [2.05, 4.69) is 36.5 Å². The summed E-state index contributed by atoms with van der Waals surface area (Å²) in [5, 5.41) is 2.75. The molecule has 98 valence electrons. The molecule has 0 aliphatic rings. The maximum absolute atomic E-state index is 11.2. The van der Waals surface area contributed by atoms with Crippen LogP contribution < -0.4 is 11.1 Å². The summed E-state index contributed by atoms with van der Waals surface area (Å²) >= 11 is 1.66. The Balaban J connectivity index is 2.10. The maximum Gasteiger partial charge on any atom is 0.238 e. The van der Waals surface area contributed by atoms with Crippen molar-refractivity contribution >= 4 is 23.4 Å². The minimum atomic E-state index is -0.183. The summed E-state index contributed by atoms with van der Waals surface area (Å²) in [6.07, 6.45) is 0. The Bertz CT molecular complexity index is 567. The summed E-state index contributed by atoms with van der Waals surface area (Å²) in [4.78, 5) is 13.5. The normalized spacial score (nSPS) is 10.2. The zero-order valence-corrected chi connectivity index (χ0v) is 11.5. The molecule has 0 saturated heterocycles. The first kappa shape index (κ1) is 13.6. The van der Waals surface area contributed by atoms with Gasteiger partial charge in [0.1, 0.15) is 0 Å². The Morgan fingerprint density at radius 2 is 1.89 bits per heavy atom. The largest absolute Gasteiger partial charge is 0.325 e.